The fraction of sp³-hybridized carbons (Fsp3) is 0.714. The fourth-order valence-corrected chi connectivity index (χ4v) is 2.36. The fourth-order valence-electron chi connectivity index (χ4n) is 2.36. The third-order valence-electron chi connectivity index (χ3n) is 3.94. The summed E-state index contributed by atoms with van der Waals surface area (Å²) in [5.74, 6) is 1.17. The van der Waals surface area contributed by atoms with Crippen LogP contribution in [0.5, 0.6) is 0 Å². The van der Waals surface area contributed by atoms with Gasteiger partial charge in [0, 0.05) is 5.92 Å². The van der Waals surface area contributed by atoms with Gasteiger partial charge in [0.15, 0.2) is 0 Å². The lowest BCUT2D eigenvalue weighted by Gasteiger charge is -2.42. The van der Waals surface area contributed by atoms with E-state index in [1.807, 2.05) is 6.08 Å². The summed E-state index contributed by atoms with van der Waals surface area (Å²) in [6.07, 6.45) is 7.25. The monoisotopic (exact) mass is 208 g/mol. The van der Waals surface area contributed by atoms with Crippen molar-refractivity contribution in [1.29, 1.82) is 0 Å². The van der Waals surface area contributed by atoms with E-state index in [1.165, 1.54) is 12.0 Å². The lowest BCUT2D eigenvalue weighted by Crippen LogP contribution is -2.33. The second-order valence-corrected chi connectivity index (χ2v) is 5.51. The molecular formula is C14H24O. The van der Waals surface area contributed by atoms with Gasteiger partial charge in [0.2, 0.25) is 0 Å². The molecule has 0 aromatic heterocycles. The van der Waals surface area contributed by atoms with Gasteiger partial charge in [0.25, 0.3) is 0 Å². The average Bonchev–Trinajstić information content (AvgIpc) is 2.11. The van der Waals surface area contributed by atoms with Gasteiger partial charge in [-0.2, -0.15) is 0 Å². The summed E-state index contributed by atoms with van der Waals surface area (Å²) in [7, 11) is 0. The Morgan fingerprint density at radius 2 is 2.13 bits per heavy atom. The maximum atomic E-state index is 9.30. The molecule has 1 N–H and O–H groups in total. The van der Waals surface area contributed by atoms with Crippen molar-refractivity contribution in [3.63, 3.8) is 0 Å². The van der Waals surface area contributed by atoms with E-state index in [0.29, 0.717) is 17.3 Å². The molecule has 0 heterocycles. The molecule has 0 spiro atoms. The van der Waals surface area contributed by atoms with Crippen molar-refractivity contribution in [3.8, 4) is 0 Å². The van der Waals surface area contributed by atoms with Crippen LogP contribution in [0.25, 0.3) is 0 Å². The van der Waals surface area contributed by atoms with Crippen molar-refractivity contribution in [2.24, 2.45) is 17.3 Å². The molecule has 1 aliphatic rings. The quantitative estimate of drug-likeness (QED) is 0.688. The molecule has 0 radical (unpaired) electrons. The van der Waals surface area contributed by atoms with E-state index in [1.54, 1.807) is 6.92 Å². The van der Waals surface area contributed by atoms with Crippen LogP contribution in [0.4, 0.5) is 0 Å². The first-order chi connectivity index (χ1) is 6.85. The van der Waals surface area contributed by atoms with E-state index < -0.39 is 0 Å². The van der Waals surface area contributed by atoms with Crippen LogP contribution in [0, 0.1) is 17.3 Å². The van der Waals surface area contributed by atoms with E-state index >= 15 is 0 Å². The SMILES string of the molecule is CC1=CCC(C)C(C)(C)C1/C=C/C(C)O. The molecular weight excluding hydrogens is 184 g/mol. The highest BCUT2D eigenvalue weighted by Crippen LogP contribution is 2.45. The zero-order valence-electron chi connectivity index (χ0n) is 10.6. The molecule has 0 aromatic carbocycles. The highest BCUT2D eigenvalue weighted by molar-refractivity contribution is 5.20. The third-order valence-corrected chi connectivity index (χ3v) is 3.94. The van der Waals surface area contributed by atoms with Crippen LogP contribution in [-0.4, -0.2) is 11.2 Å². The molecule has 0 saturated carbocycles. The van der Waals surface area contributed by atoms with E-state index in [0.717, 1.165) is 0 Å². The number of aliphatic hydroxyl groups excluding tert-OH is 1. The summed E-state index contributed by atoms with van der Waals surface area (Å²) >= 11 is 0. The molecule has 0 fully saturated rings. The van der Waals surface area contributed by atoms with Gasteiger partial charge in [-0.1, -0.05) is 44.6 Å². The third kappa shape index (κ3) is 2.72. The Morgan fingerprint density at radius 3 is 2.67 bits per heavy atom. The zero-order valence-corrected chi connectivity index (χ0v) is 10.6. The molecule has 0 saturated heterocycles. The largest absolute Gasteiger partial charge is 0.389 e. The average molecular weight is 208 g/mol. The van der Waals surface area contributed by atoms with Crippen LogP contribution in [0.1, 0.15) is 41.0 Å². The van der Waals surface area contributed by atoms with Gasteiger partial charge >= 0.3 is 0 Å². The van der Waals surface area contributed by atoms with Crippen molar-refractivity contribution in [2.75, 3.05) is 0 Å². The number of aliphatic hydroxyl groups is 1. The first kappa shape index (κ1) is 12.5. The Labute approximate surface area is 93.9 Å². The van der Waals surface area contributed by atoms with Gasteiger partial charge in [-0.3, -0.25) is 0 Å². The Hall–Kier alpha value is -0.560. The Morgan fingerprint density at radius 1 is 1.53 bits per heavy atom. The molecule has 1 heteroatoms. The molecule has 86 valence electrons. The molecule has 3 atom stereocenters. The molecule has 0 aliphatic heterocycles. The number of rotatable bonds is 2. The van der Waals surface area contributed by atoms with Crippen LogP contribution < -0.4 is 0 Å². The minimum Gasteiger partial charge on any atom is -0.389 e. The lowest BCUT2D eigenvalue weighted by molar-refractivity contribution is 0.166. The first-order valence-electron chi connectivity index (χ1n) is 5.88. The second-order valence-electron chi connectivity index (χ2n) is 5.51. The summed E-state index contributed by atoms with van der Waals surface area (Å²) in [6, 6.07) is 0. The molecule has 1 nitrogen and oxygen atoms in total. The predicted molar refractivity (Wildman–Crippen MR) is 65.6 cm³/mol. The number of hydrogen-bond donors (Lipinski definition) is 1. The van der Waals surface area contributed by atoms with Crippen molar-refractivity contribution in [3.05, 3.63) is 23.8 Å². The highest BCUT2D eigenvalue weighted by Gasteiger charge is 2.36. The normalized spacial score (nSPS) is 32.8. The molecule has 0 aromatic rings. The first-order valence-corrected chi connectivity index (χ1v) is 5.88. The minimum absolute atomic E-state index is 0.296. The van der Waals surface area contributed by atoms with Crippen molar-refractivity contribution in [1.82, 2.24) is 0 Å². The Balaban J connectivity index is 2.92. The van der Waals surface area contributed by atoms with Crippen LogP contribution >= 0.6 is 0 Å². The summed E-state index contributed by atoms with van der Waals surface area (Å²) in [6.45, 7) is 11.0. The maximum absolute atomic E-state index is 9.30. The molecule has 3 unspecified atom stereocenters. The van der Waals surface area contributed by atoms with Crippen LogP contribution in [0.2, 0.25) is 0 Å². The van der Waals surface area contributed by atoms with Crippen LogP contribution in [-0.2, 0) is 0 Å². The molecule has 15 heavy (non-hydrogen) atoms. The zero-order chi connectivity index (χ0) is 11.6. The predicted octanol–water partition coefficient (Wildman–Crippen LogP) is 3.55. The highest BCUT2D eigenvalue weighted by atomic mass is 16.3. The van der Waals surface area contributed by atoms with Crippen molar-refractivity contribution in [2.45, 2.75) is 47.1 Å². The number of allylic oxidation sites excluding steroid dienone is 3. The standard InChI is InChI=1S/C14H24O/c1-10-6-7-11(2)14(4,5)13(10)9-8-12(3)15/h6,8-9,11-13,15H,7H2,1-5H3/b9-8+. The topological polar surface area (TPSA) is 20.2 Å². The van der Waals surface area contributed by atoms with Gasteiger partial charge < -0.3 is 5.11 Å². The lowest BCUT2D eigenvalue weighted by atomic mass is 9.63. The number of hydrogen-bond acceptors (Lipinski definition) is 1. The van der Waals surface area contributed by atoms with Gasteiger partial charge in [0.05, 0.1) is 6.10 Å². The maximum Gasteiger partial charge on any atom is 0.0692 e. The molecule has 1 aliphatic carbocycles. The summed E-state index contributed by atoms with van der Waals surface area (Å²) in [4.78, 5) is 0. The Kier molecular flexibility index (Phi) is 3.77. The van der Waals surface area contributed by atoms with Crippen LogP contribution in [0.3, 0.4) is 0 Å². The van der Waals surface area contributed by atoms with Crippen molar-refractivity contribution < 1.29 is 5.11 Å². The van der Waals surface area contributed by atoms with Gasteiger partial charge in [0.1, 0.15) is 0 Å². The molecule has 0 amide bonds. The summed E-state index contributed by atoms with van der Waals surface area (Å²) < 4.78 is 0. The van der Waals surface area contributed by atoms with E-state index in [-0.39, 0.29) is 6.10 Å². The van der Waals surface area contributed by atoms with Gasteiger partial charge in [-0.05, 0) is 31.6 Å². The van der Waals surface area contributed by atoms with E-state index in [4.69, 9.17) is 0 Å². The van der Waals surface area contributed by atoms with Crippen molar-refractivity contribution >= 4 is 0 Å². The molecule has 0 bridgehead atoms. The van der Waals surface area contributed by atoms with E-state index in [9.17, 15) is 5.11 Å². The Bertz CT molecular complexity index is 271. The summed E-state index contributed by atoms with van der Waals surface area (Å²) in [5, 5.41) is 9.30. The second kappa shape index (κ2) is 4.52. The van der Waals surface area contributed by atoms with Gasteiger partial charge in [-0.25, -0.2) is 0 Å². The van der Waals surface area contributed by atoms with E-state index in [2.05, 4.69) is 39.8 Å². The smallest absolute Gasteiger partial charge is 0.0692 e. The summed E-state index contributed by atoms with van der Waals surface area (Å²) in [5.41, 5.74) is 1.74. The minimum atomic E-state index is -0.342. The van der Waals surface area contributed by atoms with Crippen LogP contribution in [0.15, 0.2) is 23.8 Å². The van der Waals surface area contributed by atoms with Gasteiger partial charge in [-0.15, -0.1) is 0 Å². The molecule has 1 rings (SSSR count).